The largest absolute Gasteiger partial charge is 0.508 e. The van der Waals surface area contributed by atoms with Gasteiger partial charge in [-0.15, -0.1) is 0 Å². The quantitative estimate of drug-likeness (QED) is 0.0874. The molecule has 16 nitrogen and oxygen atoms in total. The van der Waals surface area contributed by atoms with Crippen molar-refractivity contribution in [1.82, 2.24) is 9.55 Å². The van der Waals surface area contributed by atoms with E-state index in [-0.39, 0.29) is 107 Å². The monoisotopic (exact) mass is 754 g/mol. The molecule has 1 unspecified atom stereocenters. The molecule has 0 saturated carbocycles. The average molecular weight is 755 g/mol. The van der Waals surface area contributed by atoms with E-state index < -0.39 is 36.2 Å². The van der Waals surface area contributed by atoms with Crippen molar-refractivity contribution in [2.75, 3.05) is 59.5 Å². The number of carbonyl (C=O) groups excluding carboxylic acids is 3. The number of ketones is 1. The number of carbonyl (C=O) groups is 4. The van der Waals surface area contributed by atoms with E-state index in [2.05, 4.69) is 0 Å². The molecule has 16 heteroatoms. The lowest BCUT2D eigenvalue weighted by Gasteiger charge is -2.35. The van der Waals surface area contributed by atoms with Crippen molar-refractivity contribution >= 4 is 34.6 Å². The summed E-state index contributed by atoms with van der Waals surface area (Å²) in [6, 6.07) is 6.60. The maximum Gasteiger partial charge on any atom is 0.355 e. The molecule has 2 aliphatic rings. The lowest BCUT2D eigenvalue weighted by molar-refractivity contribution is -0.189. The number of nitrogens with zero attached hydrogens (tertiary/aromatic N) is 2. The Morgan fingerprint density at radius 2 is 1.69 bits per heavy atom. The number of carboxylic acid groups (broad SMARTS) is 1. The van der Waals surface area contributed by atoms with E-state index in [1.54, 1.807) is 35.8 Å². The smallest absolute Gasteiger partial charge is 0.355 e. The molecule has 2 atom stereocenters. The van der Waals surface area contributed by atoms with Gasteiger partial charge in [0.15, 0.2) is 5.78 Å². The number of hydrogen-bond donors (Lipinski definition) is 2. The van der Waals surface area contributed by atoms with Crippen LogP contribution in [0.25, 0.3) is 22.3 Å². The zero-order valence-electron chi connectivity index (χ0n) is 30.7. The molecule has 0 spiro atoms. The van der Waals surface area contributed by atoms with Gasteiger partial charge in [0.05, 0.1) is 75.1 Å². The Bertz CT molecular complexity index is 1920. The zero-order valence-corrected chi connectivity index (χ0v) is 30.7. The summed E-state index contributed by atoms with van der Waals surface area (Å²) in [6.07, 6.45) is -0.355. The molecular formula is C38H46N2O14. The maximum atomic E-state index is 13.9. The van der Waals surface area contributed by atoms with Crippen LogP contribution in [0.4, 0.5) is 0 Å². The van der Waals surface area contributed by atoms with Crippen LogP contribution >= 0.6 is 0 Å². The minimum Gasteiger partial charge on any atom is -0.508 e. The second kappa shape index (κ2) is 18.5. The summed E-state index contributed by atoms with van der Waals surface area (Å²) in [5.41, 5.74) is 1.64. The Labute approximate surface area is 311 Å². The lowest BCUT2D eigenvalue weighted by Crippen LogP contribution is -2.47. The number of pyridine rings is 2. The van der Waals surface area contributed by atoms with Crippen molar-refractivity contribution in [1.29, 1.82) is 0 Å². The molecule has 0 fully saturated rings. The minimum absolute atomic E-state index is 0.0180. The second-order valence-electron chi connectivity index (χ2n) is 12.8. The first-order valence-electron chi connectivity index (χ1n) is 18.0. The normalized spacial score (nSPS) is 16.4. The molecule has 1 aromatic carbocycles. The first-order chi connectivity index (χ1) is 26.0. The Morgan fingerprint density at radius 3 is 2.43 bits per heavy atom. The first kappa shape index (κ1) is 40.4. The molecule has 0 saturated heterocycles. The van der Waals surface area contributed by atoms with E-state index >= 15 is 0 Å². The molecule has 2 aromatic heterocycles. The Morgan fingerprint density at radius 1 is 0.944 bits per heavy atom. The molecule has 54 heavy (non-hydrogen) atoms. The molecule has 4 heterocycles. The van der Waals surface area contributed by atoms with Gasteiger partial charge in [-0.3, -0.25) is 14.4 Å². The summed E-state index contributed by atoms with van der Waals surface area (Å²) < 4.78 is 39.8. The lowest BCUT2D eigenvalue weighted by atomic mass is 9.85. The van der Waals surface area contributed by atoms with Crippen molar-refractivity contribution in [2.24, 2.45) is 0 Å². The van der Waals surface area contributed by atoms with Crippen molar-refractivity contribution in [2.45, 2.75) is 71.3 Å². The van der Waals surface area contributed by atoms with E-state index in [1.807, 2.05) is 13.8 Å². The SMILES string of the molecule is CCOCC(COCCOCC(=O)O)OCCOCC(=O)CCC(=O)O[C@]1(CC)C(=O)OCc2c1cc1n(c2=O)Cc2c-1nc1ccc(O)cc1c2CC. The molecule has 292 valence electrons. The summed E-state index contributed by atoms with van der Waals surface area (Å²) in [4.78, 5) is 68.5. The highest BCUT2D eigenvalue weighted by molar-refractivity contribution is 5.91. The topological polar surface area (TPSA) is 208 Å². The van der Waals surface area contributed by atoms with Crippen molar-refractivity contribution in [3.05, 3.63) is 56.9 Å². The summed E-state index contributed by atoms with van der Waals surface area (Å²) in [7, 11) is 0. The van der Waals surface area contributed by atoms with E-state index in [1.165, 1.54) is 0 Å². The van der Waals surface area contributed by atoms with Gasteiger partial charge < -0.3 is 47.9 Å². The van der Waals surface area contributed by atoms with Crippen LogP contribution in [0.15, 0.2) is 29.1 Å². The molecule has 3 aromatic rings. The summed E-state index contributed by atoms with van der Waals surface area (Å²) >= 11 is 0. The molecule has 0 amide bonds. The number of hydrogen-bond acceptors (Lipinski definition) is 14. The molecule has 5 rings (SSSR count). The average Bonchev–Trinajstić information content (AvgIpc) is 3.52. The van der Waals surface area contributed by atoms with E-state index in [0.29, 0.717) is 29.9 Å². The second-order valence-corrected chi connectivity index (χ2v) is 12.8. The standard InChI is InChI=1S/C38H46N2O14/c1-4-26-27-15-23(41)7-9-31(27)39-35-28(26)17-40-32(35)16-30-29(36(40)46)21-53-37(47)38(30,5-2)54-34(45)10-8-24(42)18-49-13-14-52-25(19-48-6-3)20-50-11-12-51-22-33(43)44/h7,9,15-16,25,41H,4-6,8,10-14,17-22H2,1-3H3,(H,43,44)/t25?,38-/m0/s1. The van der Waals surface area contributed by atoms with Crippen molar-refractivity contribution < 1.29 is 62.5 Å². The third kappa shape index (κ3) is 9.13. The van der Waals surface area contributed by atoms with Gasteiger partial charge in [0.25, 0.3) is 5.56 Å². The van der Waals surface area contributed by atoms with Gasteiger partial charge in [0.1, 0.15) is 31.7 Å². The molecule has 0 bridgehead atoms. The number of fused-ring (bicyclic) bond motifs is 5. The van der Waals surface area contributed by atoms with E-state index in [0.717, 1.165) is 16.5 Å². The highest BCUT2D eigenvalue weighted by Gasteiger charge is 2.50. The number of aromatic hydroxyl groups is 1. The van der Waals surface area contributed by atoms with Gasteiger partial charge in [0.2, 0.25) is 5.60 Å². The number of aromatic nitrogens is 2. The van der Waals surface area contributed by atoms with Crippen LogP contribution in [-0.4, -0.2) is 109 Å². The Balaban J connectivity index is 1.18. The van der Waals surface area contributed by atoms with Crippen molar-refractivity contribution in [3.63, 3.8) is 0 Å². The van der Waals surface area contributed by atoms with E-state index in [9.17, 15) is 29.1 Å². The predicted molar refractivity (Wildman–Crippen MR) is 190 cm³/mol. The zero-order chi connectivity index (χ0) is 38.8. The number of aryl methyl sites for hydroxylation is 1. The van der Waals surface area contributed by atoms with Crippen molar-refractivity contribution in [3.8, 4) is 17.1 Å². The minimum atomic E-state index is -1.90. The van der Waals surface area contributed by atoms with E-state index in [4.69, 9.17) is 43.2 Å². The molecule has 0 radical (unpaired) electrons. The number of aliphatic carboxylic acids is 1. The number of ether oxygens (including phenoxy) is 7. The highest BCUT2D eigenvalue weighted by Crippen LogP contribution is 2.42. The number of carboxylic acids is 1. The van der Waals surface area contributed by atoms with Gasteiger partial charge in [-0.1, -0.05) is 13.8 Å². The number of phenolic OH excluding ortho intramolecular Hbond substituents is 1. The maximum absolute atomic E-state index is 13.9. The van der Waals surface area contributed by atoms with Crippen LogP contribution in [0, 0.1) is 0 Å². The van der Waals surface area contributed by atoms with Gasteiger partial charge >= 0.3 is 17.9 Å². The highest BCUT2D eigenvalue weighted by atomic mass is 16.6. The van der Waals surface area contributed by atoms with Crippen LogP contribution in [0.2, 0.25) is 0 Å². The van der Waals surface area contributed by atoms with Crippen LogP contribution in [0.1, 0.15) is 62.3 Å². The van der Waals surface area contributed by atoms with Crippen LogP contribution in [-0.2, 0) is 77.5 Å². The Hall–Kier alpha value is -4.74. The fourth-order valence-corrected chi connectivity index (χ4v) is 6.62. The molecule has 0 aliphatic carbocycles. The van der Waals surface area contributed by atoms with Gasteiger partial charge in [-0.05, 0) is 49.6 Å². The van der Waals surface area contributed by atoms with Crippen LogP contribution in [0.3, 0.4) is 0 Å². The number of rotatable bonds is 22. The van der Waals surface area contributed by atoms with Gasteiger partial charge in [0, 0.05) is 29.5 Å². The van der Waals surface area contributed by atoms with Crippen LogP contribution in [0.5, 0.6) is 5.75 Å². The fraction of sp³-hybridized carbons (Fsp3) is 0.526. The molecule has 2 aliphatic heterocycles. The third-order valence-electron chi connectivity index (χ3n) is 9.26. The van der Waals surface area contributed by atoms with Gasteiger partial charge in [-0.2, -0.15) is 0 Å². The Kier molecular flexibility index (Phi) is 13.9. The van der Waals surface area contributed by atoms with Crippen LogP contribution < -0.4 is 5.56 Å². The first-order valence-corrected chi connectivity index (χ1v) is 18.0. The molecule has 2 N–H and O–H groups in total. The number of phenols is 1. The number of benzene rings is 1. The predicted octanol–water partition coefficient (Wildman–Crippen LogP) is 2.80. The van der Waals surface area contributed by atoms with Gasteiger partial charge in [-0.25, -0.2) is 14.6 Å². The summed E-state index contributed by atoms with van der Waals surface area (Å²) in [5.74, 6) is -2.95. The fourth-order valence-electron chi connectivity index (χ4n) is 6.62. The third-order valence-corrected chi connectivity index (χ3v) is 9.26. The summed E-state index contributed by atoms with van der Waals surface area (Å²) in [5, 5.41) is 19.5. The summed E-state index contributed by atoms with van der Waals surface area (Å²) in [6.45, 7) is 6.17. The number of cyclic esters (lactones) is 1. The molecular weight excluding hydrogens is 708 g/mol. The number of Topliss-reactive ketones (excluding diaryl/α,β-unsaturated/α-hetero) is 1. The number of esters is 2.